The quantitative estimate of drug-likeness (QED) is 0.563. The highest BCUT2D eigenvalue weighted by atomic mass is 35.5. The normalized spacial score (nSPS) is 12.6. The van der Waals surface area contributed by atoms with E-state index >= 15 is 0 Å². The van der Waals surface area contributed by atoms with E-state index < -0.39 is 31.4 Å². The first-order valence-corrected chi connectivity index (χ1v) is 9.59. The number of nitrogens with one attached hydrogen (secondary N) is 1. The largest absolute Gasteiger partial charge is 0.387 e. The number of sulfone groups is 1. The van der Waals surface area contributed by atoms with Crippen molar-refractivity contribution in [3.63, 3.8) is 0 Å². The molecular weight excluding hydrogens is 391 g/mol. The molecule has 0 amide bonds. The molecule has 0 saturated heterocycles. The average Bonchev–Trinajstić information content (AvgIpc) is 2.51. The molecule has 0 bridgehead atoms. The van der Waals surface area contributed by atoms with Crippen LogP contribution in [0.15, 0.2) is 41.3 Å². The third-order valence-corrected chi connectivity index (χ3v) is 5.07. The molecule has 134 valence electrons. The van der Waals surface area contributed by atoms with Gasteiger partial charge in [0.1, 0.15) is 4.90 Å². The lowest BCUT2D eigenvalue weighted by molar-refractivity contribution is -0.387. The molecule has 2 rings (SSSR count). The zero-order valence-corrected chi connectivity index (χ0v) is 15.3. The molecule has 10 heteroatoms. The number of halogens is 2. The van der Waals surface area contributed by atoms with Crippen molar-refractivity contribution in [3.05, 3.63) is 62.1 Å². The SMILES string of the molecule is CS(=O)(=O)c1cc(NCC(O)c2ccc(Cl)cc2Cl)ccc1[N+](=O)[O-]. The maximum absolute atomic E-state index is 11.7. The molecule has 0 radical (unpaired) electrons. The van der Waals surface area contributed by atoms with Gasteiger partial charge in [-0.05, 0) is 24.3 Å². The molecule has 0 aliphatic rings. The van der Waals surface area contributed by atoms with Gasteiger partial charge in [0.05, 0.1) is 11.0 Å². The summed E-state index contributed by atoms with van der Waals surface area (Å²) in [5.41, 5.74) is 0.258. The summed E-state index contributed by atoms with van der Waals surface area (Å²) in [5.74, 6) is 0. The van der Waals surface area contributed by atoms with Crippen LogP contribution >= 0.6 is 23.2 Å². The van der Waals surface area contributed by atoms with Crippen LogP contribution in [-0.2, 0) is 9.84 Å². The molecule has 1 atom stereocenters. The van der Waals surface area contributed by atoms with Crippen LogP contribution in [0.3, 0.4) is 0 Å². The number of hydrogen-bond acceptors (Lipinski definition) is 6. The Balaban J connectivity index is 2.22. The molecule has 0 saturated carbocycles. The molecule has 7 nitrogen and oxygen atoms in total. The Bertz CT molecular complexity index is 918. The van der Waals surface area contributed by atoms with Crippen molar-refractivity contribution in [1.29, 1.82) is 0 Å². The van der Waals surface area contributed by atoms with Gasteiger partial charge in [-0.15, -0.1) is 0 Å². The molecule has 0 heterocycles. The first-order chi connectivity index (χ1) is 11.6. The molecule has 0 aliphatic carbocycles. The number of nitrogens with zero attached hydrogens (tertiary/aromatic N) is 1. The highest BCUT2D eigenvalue weighted by Crippen LogP contribution is 2.29. The molecule has 1 unspecified atom stereocenters. The van der Waals surface area contributed by atoms with Gasteiger partial charge in [0.15, 0.2) is 9.84 Å². The number of nitro benzene ring substituents is 1. The van der Waals surface area contributed by atoms with Crippen LogP contribution in [0.5, 0.6) is 0 Å². The zero-order chi connectivity index (χ0) is 18.8. The standard InChI is InChI=1S/C15H14Cl2N2O5S/c1-25(23,24)15-7-10(3-5-13(15)19(21)22)18-8-14(20)11-4-2-9(16)6-12(11)17/h2-7,14,18,20H,8H2,1H3. The molecular formula is C15H14Cl2N2O5S. The van der Waals surface area contributed by atoms with Gasteiger partial charge in [-0.3, -0.25) is 10.1 Å². The van der Waals surface area contributed by atoms with Gasteiger partial charge in [0.25, 0.3) is 5.69 Å². The molecule has 0 aliphatic heterocycles. The van der Waals surface area contributed by atoms with E-state index in [9.17, 15) is 23.6 Å². The van der Waals surface area contributed by atoms with E-state index in [-0.39, 0.29) is 6.54 Å². The third kappa shape index (κ3) is 4.82. The monoisotopic (exact) mass is 404 g/mol. The molecule has 0 spiro atoms. The molecule has 2 aromatic rings. The summed E-state index contributed by atoms with van der Waals surface area (Å²) in [6.45, 7) is 0.0162. The van der Waals surface area contributed by atoms with Crippen molar-refractivity contribution < 1.29 is 18.4 Å². The predicted molar refractivity (Wildman–Crippen MR) is 96.1 cm³/mol. The van der Waals surface area contributed by atoms with Crippen LogP contribution in [0.1, 0.15) is 11.7 Å². The summed E-state index contributed by atoms with van der Waals surface area (Å²) in [4.78, 5) is 9.79. The predicted octanol–water partition coefficient (Wildman–Crippen LogP) is 3.45. The smallest absolute Gasteiger partial charge is 0.288 e. The van der Waals surface area contributed by atoms with Crippen LogP contribution in [0.4, 0.5) is 11.4 Å². The molecule has 0 fully saturated rings. The van der Waals surface area contributed by atoms with Crippen LogP contribution in [0.25, 0.3) is 0 Å². The lowest BCUT2D eigenvalue weighted by Gasteiger charge is -2.15. The minimum atomic E-state index is -3.78. The minimum absolute atomic E-state index is 0.0162. The summed E-state index contributed by atoms with van der Waals surface area (Å²) in [7, 11) is -3.78. The minimum Gasteiger partial charge on any atom is -0.387 e. The Morgan fingerprint density at radius 2 is 1.92 bits per heavy atom. The molecule has 0 aromatic heterocycles. The van der Waals surface area contributed by atoms with Gasteiger partial charge < -0.3 is 10.4 Å². The first kappa shape index (κ1) is 19.5. The Morgan fingerprint density at radius 3 is 2.48 bits per heavy atom. The topological polar surface area (TPSA) is 110 Å². The lowest BCUT2D eigenvalue weighted by Crippen LogP contribution is -2.13. The van der Waals surface area contributed by atoms with Crippen molar-refractivity contribution in [1.82, 2.24) is 0 Å². The van der Waals surface area contributed by atoms with Gasteiger partial charge in [0, 0.05) is 40.2 Å². The summed E-state index contributed by atoms with van der Waals surface area (Å²) >= 11 is 11.8. The number of hydrogen-bond donors (Lipinski definition) is 2. The Labute approximate surface area is 154 Å². The number of benzene rings is 2. The van der Waals surface area contributed by atoms with Crippen molar-refractivity contribution >= 4 is 44.4 Å². The summed E-state index contributed by atoms with van der Waals surface area (Å²) in [6, 6.07) is 8.27. The molecule has 2 N–H and O–H groups in total. The van der Waals surface area contributed by atoms with E-state index in [1.54, 1.807) is 12.1 Å². The second-order valence-electron chi connectivity index (χ2n) is 5.27. The Kier molecular flexibility index (Phi) is 5.89. The highest BCUT2D eigenvalue weighted by molar-refractivity contribution is 7.90. The van der Waals surface area contributed by atoms with Gasteiger partial charge in [-0.1, -0.05) is 29.3 Å². The number of aliphatic hydroxyl groups excluding tert-OH is 1. The Morgan fingerprint density at radius 1 is 1.24 bits per heavy atom. The molecule has 2 aromatic carbocycles. The maximum Gasteiger partial charge on any atom is 0.288 e. The van der Waals surface area contributed by atoms with Crippen LogP contribution in [0.2, 0.25) is 10.0 Å². The number of rotatable bonds is 6. The van der Waals surface area contributed by atoms with Crippen LogP contribution in [-0.4, -0.2) is 31.2 Å². The van der Waals surface area contributed by atoms with E-state index in [4.69, 9.17) is 23.2 Å². The second-order valence-corrected chi connectivity index (χ2v) is 8.10. The number of nitro groups is 1. The highest BCUT2D eigenvalue weighted by Gasteiger charge is 2.22. The Hall–Kier alpha value is -1.87. The first-order valence-electron chi connectivity index (χ1n) is 6.95. The van der Waals surface area contributed by atoms with Crippen molar-refractivity contribution in [3.8, 4) is 0 Å². The fourth-order valence-electron chi connectivity index (χ4n) is 2.17. The second kappa shape index (κ2) is 7.57. The van der Waals surface area contributed by atoms with Crippen molar-refractivity contribution in [2.75, 3.05) is 18.1 Å². The van der Waals surface area contributed by atoms with Gasteiger partial charge in [0.2, 0.25) is 0 Å². The fraction of sp³-hybridized carbons (Fsp3) is 0.200. The van der Waals surface area contributed by atoms with Crippen LogP contribution in [0, 0.1) is 10.1 Å². The average molecular weight is 405 g/mol. The van der Waals surface area contributed by atoms with E-state index in [0.29, 0.717) is 21.3 Å². The van der Waals surface area contributed by atoms with E-state index in [1.165, 1.54) is 12.1 Å². The number of aliphatic hydroxyl groups is 1. The number of anilines is 1. The maximum atomic E-state index is 11.7. The summed E-state index contributed by atoms with van der Waals surface area (Å²) in [5, 5.41) is 24.7. The summed E-state index contributed by atoms with van der Waals surface area (Å²) < 4.78 is 23.5. The molecule has 25 heavy (non-hydrogen) atoms. The van der Waals surface area contributed by atoms with Gasteiger partial charge in [-0.25, -0.2) is 8.42 Å². The van der Waals surface area contributed by atoms with Crippen molar-refractivity contribution in [2.45, 2.75) is 11.0 Å². The zero-order valence-electron chi connectivity index (χ0n) is 12.9. The van der Waals surface area contributed by atoms with E-state index in [1.807, 2.05) is 0 Å². The van der Waals surface area contributed by atoms with Crippen molar-refractivity contribution in [2.24, 2.45) is 0 Å². The van der Waals surface area contributed by atoms with Gasteiger partial charge >= 0.3 is 0 Å². The third-order valence-electron chi connectivity index (χ3n) is 3.38. The van der Waals surface area contributed by atoms with Gasteiger partial charge in [-0.2, -0.15) is 0 Å². The lowest BCUT2D eigenvalue weighted by atomic mass is 10.1. The summed E-state index contributed by atoms with van der Waals surface area (Å²) in [6.07, 6.45) is -0.0943. The van der Waals surface area contributed by atoms with E-state index in [2.05, 4.69) is 5.32 Å². The van der Waals surface area contributed by atoms with Crippen LogP contribution < -0.4 is 5.32 Å². The van der Waals surface area contributed by atoms with E-state index in [0.717, 1.165) is 18.4 Å². The fourth-order valence-corrected chi connectivity index (χ4v) is 3.57.